The maximum atomic E-state index is 12.9. The molecule has 0 aliphatic heterocycles. The van der Waals surface area contributed by atoms with Gasteiger partial charge in [-0.3, -0.25) is 14.4 Å². The van der Waals surface area contributed by atoms with E-state index < -0.39 is 17.5 Å². The first-order valence-electron chi connectivity index (χ1n) is 10.1. The zero-order valence-corrected chi connectivity index (χ0v) is 19.3. The van der Waals surface area contributed by atoms with Gasteiger partial charge >= 0.3 is 0 Å². The van der Waals surface area contributed by atoms with Crippen molar-refractivity contribution in [2.45, 2.75) is 13.3 Å². The molecule has 1 heterocycles. The van der Waals surface area contributed by atoms with E-state index in [1.807, 2.05) is 0 Å². The molecule has 0 bridgehead atoms. The molecular formula is C24H24N2O8. The Morgan fingerprint density at radius 2 is 1.62 bits per heavy atom. The third-order valence-electron chi connectivity index (χ3n) is 5.27. The maximum Gasteiger partial charge on any atom is 0.259 e. The van der Waals surface area contributed by atoms with E-state index in [1.54, 1.807) is 18.2 Å². The van der Waals surface area contributed by atoms with Gasteiger partial charge in [0, 0.05) is 23.6 Å². The third kappa shape index (κ3) is 4.56. The number of nitrogens with one attached hydrogen (secondary N) is 1. The number of carbonyl (C=O) groups is 3. The van der Waals surface area contributed by atoms with Gasteiger partial charge in [-0.2, -0.15) is 4.98 Å². The van der Waals surface area contributed by atoms with Crippen LogP contribution >= 0.6 is 0 Å². The molecule has 0 fully saturated rings. The van der Waals surface area contributed by atoms with Crippen LogP contribution < -0.4 is 14.8 Å². The molecule has 1 aromatic carbocycles. The van der Waals surface area contributed by atoms with Crippen LogP contribution in [0.4, 0.5) is 5.69 Å². The molecule has 0 unspecified atom stereocenters. The quantitative estimate of drug-likeness (QED) is 0.561. The summed E-state index contributed by atoms with van der Waals surface area (Å²) < 4.78 is 20.4. The van der Waals surface area contributed by atoms with E-state index >= 15 is 0 Å². The molecule has 34 heavy (non-hydrogen) atoms. The summed E-state index contributed by atoms with van der Waals surface area (Å²) in [6, 6.07) is 7.43. The fourth-order valence-electron chi connectivity index (χ4n) is 3.46. The molecule has 1 aromatic heterocycles. The highest BCUT2D eigenvalue weighted by molar-refractivity contribution is 6.23. The van der Waals surface area contributed by atoms with Crippen molar-refractivity contribution in [2.24, 2.45) is 0 Å². The number of benzene rings is 1. The number of hydrogen-bond acceptors (Lipinski definition) is 9. The Morgan fingerprint density at radius 3 is 2.24 bits per heavy atom. The second-order valence-corrected chi connectivity index (χ2v) is 7.22. The lowest BCUT2D eigenvalue weighted by Crippen LogP contribution is -2.26. The first-order chi connectivity index (χ1) is 16.2. The molecule has 10 nitrogen and oxygen atoms in total. The number of phenols is 1. The predicted molar refractivity (Wildman–Crippen MR) is 121 cm³/mol. The molecule has 3 rings (SSSR count). The number of Topliss-reactive ketones (excluding diaryl/α,β-unsaturated/α-hetero) is 2. The number of rotatable bonds is 8. The molecule has 1 aliphatic carbocycles. The van der Waals surface area contributed by atoms with E-state index in [0.29, 0.717) is 11.4 Å². The summed E-state index contributed by atoms with van der Waals surface area (Å²) in [5.74, 6) is -1.72. The summed E-state index contributed by atoms with van der Waals surface area (Å²) >= 11 is 0. The number of methoxy groups -OCH3 is 4. The number of aromatic nitrogens is 1. The Balaban J connectivity index is 1.90. The number of ketones is 2. The van der Waals surface area contributed by atoms with Crippen molar-refractivity contribution in [1.82, 2.24) is 4.98 Å². The lowest BCUT2D eigenvalue weighted by atomic mass is 9.88. The topological polar surface area (TPSA) is 133 Å². The number of nitrogens with zero attached hydrogens (tertiary/aromatic N) is 1. The molecule has 0 radical (unpaired) electrons. The van der Waals surface area contributed by atoms with Crippen LogP contribution in [0.1, 0.15) is 22.8 Å². The average molecular weight is 468 g/mol. The van der Waals surface area contributed by atoms with Crippen LogP contribution in [0.15, 0.2) is 53.0 Å². The van der Waals surface area contributed by atoms with E-state index in [4.69, 9.17) is 18.9 Å². The van der Waals surface area contributed by atoms with Gasteiger partial charge in [0.1, 0.15) is 11.4 Å². The third-order valence-corrected chi connectivity index (χ3v) is 5.27. The number of carbonyl (C=O) groups excluding carboxylic acids is 3. The van der Waals surface area contributed by atoms with Gasteiger partial charge in [-0.1, -0.05) is 6.07 Å². The van der Waals surface area contributed by atoms with Gasteiger partial charge in [0.15, 0.2) is 0 Å². The lowest BCUT2D eigenvalue weighted by molar-refractivity contribution is -0.121. The second-order valence-electron chi connectivity index (χ2n) is 7.22. The number of hydrogen-bond donors (Lipinski definition) is 2. The molecule has 0 saturated heterocycles. The molecule has 2 N–H and O–H groups in total. The second kappa shape index (κ2) is 10.1. The predicted octanol–water partition coefficient (Wildman–Crippen LogP) is 2.57. The zero-order chi connectivity index (χ0) is 25.0. The van der Waals surface area contributed by atoms with Crippen molar-refractivity contribution in [3.63, 3.8) is 0 Å². The number of aromatic hydroxyl groups is 1. The van der Waals surface area contributed by atoms with Crippen LogP contribution in [0.5, 0.6) is 17.5 Å². The van der Waals surface area contributed by atoms with Gasteiger partial charge in [0.2, 0.25) is 34.8 Å². The summed E-state index contributed by atoms with van der Waals surface area (Å²) in [7, 11) is 5.41. The average Bonchev–Trinajstić information content (AvgIpc) is 2.84. The minimum absolute atomic E-state index is 0.0359. The minimum Gasteiger partial charge on any atom is -0.507 e. The van der Waals surface area contributed by atoms with Gasteiger partial charge in [-0.15, -0.1) is 0 Å². The molecule has 178 valence electrons. The first-order valence-corrected chi connectivity index (χ1v) is 10.1. The fraction of sp³-hybridized carbons (Fsp3) is 0.250. The summed E-state index contributed by atoms with van der Waals surface area (Å²) in [5.41, 5.74) is 1.18. The van der Waals surface area contributed by atoms with Crippen molar-refractivity contribution in [2.75, 3.05) is 33.8 Å². The van der Waals surface area contributed by atoms with Crippen molar-refractivity contribution in [1.29, 1.82) is 0 Å². The van der Waals surface area contributed by atoms with Crippen LogP contribution in [-0.2, 0) is 25.5 Å². The van der Waals surface area contributed by atoms with E-state index in [0.717, 1.165) is 0 Å². The first kappa shape index (κ1) is 24.3. The molecule has 0 spiro atoms. The van der Waals surface area contributed by atoms with E-state index in [-0.39, 0.29) is 52.0 Å². The molecule has 0 atom stereocenters. The van der Waals surface area contributed by atoms with E-state index in [2.05, 4.69) is 10.3 Å². The Morgan fingerprint density at radius 1 is 0.941 bits per heavy atom. The SMILES string of the molecule is COC1=C(OC)C(=O)C(Cc2ccc(O)c(C(=O)Nc3ccc(OC)nc3OC)c2)=C(C)C1=O. The van der Waals surface area contributed by atoms with Gasteiger partial charge in [0.05, 0.1) is 34.0 Å². The molecular weight excluding hydrogens is 444 g/mol. The van der Waals surface area contributed by atoms with Crippen LogP contribution in [0.3, 0.4) is 0 Å². The largest absolute Gasteiger partial charge is 0.507 e. The summed E-state index contributed by atoms with van der Waals surface area (Å²) in [4.78, 5) is 42.5. The zero-order valence-electron chi connectivity index (χ0n) is 19.3. The highest BCUT2D eigenvalue weighted by Crippen LogP contribution is 2.30. The van der Waals surface area contributed by atoms with Crippen molar-refractivity contribution in [3.05, 3.63) is 64.1 Å². The van der Waals surface area contributed by atoms with Crippen molar-refractivity contribution < 1.29 is 38.4 Å². The van der Waals surface area contributed by atoms with Crippen LogP contribution in [0.25, 0.3) is 0 Å². The maximum absolute atomic E-state index is 12.9. The number of ether oxygens (including phenoxy) is 4. The van der Waals surface area contributed by atoms with E-state index in [9.17, 15) is 19.5 Å². The monoisotopic (exact) mass is 468 g/mol. The van der Waals surface area contributed by atoms with Crippen LogP contribution in [-0.4, -0.2) is 56.0 Å². The van der Waals surface area contributed by atoms with Gasteiger partial charge < -0.3 is 29.4 Å². The fourth-order valence-corrected chi connectivity index (χ4v) is 3.46. The van der Waals surface area contributed by atoms with Crippen molar-refractivity contribution in [3.8, 4) is 17.5 Å². The van der Waals surface area contributed by atoms with E-state index in [1.165, 1.54) is 47.5 Å². The Bertz CT molecular complexity index is 1230. The Labute approximate surface area is 195 Å². The number of phenolic OH excluding ortho intramolecular Hbond substituents is 1. The Kier molecular flexibility index (Phi) is 7.20. The molecule has 2 aromatic rings. The number of pyridine rings is 1. The lowest BCUT2D eigenvalue weighted by Gasteiger charge is -2.20. The summed E-state index contributed by atoms with van der Waals surface area (Å²) in [6.45, 7) is 1.53. The summed E-state index contributed by atoms with van der Waals surface area (Å²) in [5, 5.41) is 12.9. The smallest absolute Gasteiger partial charge is 0.259 e. The van der Waals surface area contributed by atoms with Crippen LogP contribution in [0, 0.1) is 0 Å². The highest BCUT2D eigenvalue weighted by Gasteiger charge is 2.34. The minimum atomic E-state index is -0.625. The summed E-state index contributed by atoms with van der Waals surface area (Å²) in [6.07, 6.45) is 0.0359. The van der Waals surface area contributed by atoms with Gasteiger partial charge in [0.25, 0.3) is 5.91 Å². The highest BCUT2D eigenvalue weighted by atomic mass is 16.5. The number of allylic oxidation sites excluding steroid dienone is 2. The van der Waals surface area contributed by atoms with Crippen molar-refractivity contribution >= 4 is 23.2 Å². The Hall–Kier alpha value is -4.34. The molecule has 1 amide bonds. The number of anilines is 1. The molecule has 1 aliphatic rings. The van der Waals surface area contributed by atoms with Gasteiger partial charge in [-0.25, -0.2) is 0 Å². The standard InChI is InChI=1S/C24H24N2O8/c1-12-14(20(29)22(33-4)21(32-3)19(12)28)10-13-6-8-17(27)15(11-13)23(30)25-16-7-9-18(31-2)26-24(16)34-5/h6-9,11,27H,10H2,1-5H3,(H,25,30). The van der Waals surface area contributed by atoms with Crippen LogP contribution in [0.2, 0.25) is 0 Å². The number of amides is 1. The molecule has 0 saturated carbocycles. The normalized spacial score (nSPS) is 13.7. The van der Waals surface area contributed by atoms with Gasteiger partial charge in [-0.05, 0) is 30.7 Å². The molecule has 10 heteroatoms.